The zero-order valence-corrected chi connectivity index (χ0v) is 12.8. The van der Waals surface area contributed by atoms with E-state index in [0.29, 0.717) is 12.1 Å². The van der Waals surface area contributed by atoms with Crippen LogP contribution in [0.2, 0.25) is 0 Å². The molecule has 1 saturated carbocycles. The van der Waals surface area contributed by atoms with Crippen molar-refractivity contribution in [3.63, 3.8) is 0 Å². The summed E-state index contributed by atoms with van der Waals surface area (Å²) in [5.41, 5.74) is 2.75. The topological polar surface area (TPSA) is 15.3 Å². The van der Waals surface area contributed by atoms with Crippen molar-refractivity contribution < 1.29 is 0 Å². The molecule has 1 N–H and O–H groups in total. The van der Waals surface area contributed by atoms with E-state index in [1.807, 2.05) is 0 Å². The third kappa shape index (κ3) is 3.80. The van der Waals surface area contributed by atoms with E-state index in [0.717, 1.165) is 12.6 Å². The van der Waals surface area contributed by atoms with E-state index in [2.05, 4.69) is 62.3 Å². The van der Waals surface area contributed by atoms with E-state index in [1.54, 1.807) is 0 Å². The van der Waals surface area contributed by atoms with Gasteiger partial charge in [-0.05, 0) is 52.3 Å². The number of nitrogens with one attached hydrogen (secondary N) is 1. The van der Waals surface area contributed by atoms with Gasteiger partial charge in [-0.25, -0.2) is 0 Å². The lowest BCUT2D eigenvalue weighted by Crippen LogP contribution is -2.42. The number of nitrogens with zero attached hydrogens (tertiary/aromatic N) is 1. The zero-order valence-electron chi connectivity index (χ0n) is 12.8. The number of hydrogen-bond acceptors (Lipinski definition) is 2. The molecular weight excluding hydrogens is 232 g/mol. The molecule has 106 valence electrons. The summed E-state index contributed by atoms with van der Waals surface area (Å²) in [5, 5.41) is 3.73. The Labute approximate surface area is 118 Å². The third-order valence-corrected chi connectivity index (χ3v) is 4.30. The maximum absolute atomic E-state index is 3.73. The molecular formula is C17H28N2. The van der Waals surface area contributed by atoms with Gasteiger partial charge < -0.3 is 5.32 Å². The van der Waals surface area contributed by atoms with E-state index >= 15 is 0 Å². The second-order valence-corrected chi connectivity index (χ2v) is 5.98. The molecule has 0 aromatic heterocycles. The largest absolute Gasteiger partial charge is 0.309 e. The molecule has 2 rings (SSSR count). The molecule has 2 nitrogen and oxygen atoms in total. The first-order valence-corrected chi connectivity index (χ1v) is 7.65. The highest BCUT2D eigenvalue weighted by molar-refractivity contribution is 5.25. The van der Waals surface area contributed by atoms with Gasteiger partial charge in [0.1, 0.15) is 0 Å². The minimum atomic E-state index is 0.436. The molecule has 0 aliphatic heterocycles. The van der Waals surface area contributed by atoms with Crippen molar-refractivity contribution in [2.45, 2.75) is 58.2 Å². The lowest BCUT2D eigenvalue weighted by Gasteiger charge is -2.33. The Morgan fingerprint density at radius 1 is 1.26 bits per heavy atom. The second-order valence-electron chi connectivity index (χ2n) is 5.98. The summed E-state index contributed by atoms with van der Waals surface area (Å²) in [4.78, 5) is 2.55. The molecule has 0 heterocycles. The minimum absolute atomic E-state index is 0.436. The van der Waals surface area contributed by atoms with Crippen LogP contribution < -0.4 is 5.32 Å². The predicted molar refractivity (Wildman–Crippen MR) is 82.5 cm³/mol. The molecule has 0 bridgehead atoms. The van der Waals surface area contributed by atoms with Gasteiger partial charge >= 0.3 is 0 Å². The van der Waals surface area contributed by atoms with Gasteiger partial charge in [0.25, 0.3) is 0 Å². The fraction of sp³-hybridized carbons (Fsp3) is 0.647. The van der Waals surface area contributed by atoms with Gasteiger partial charge in [-0.2, -0.15) is 0 Å². The van der Waals surface area contributed by atoms with Gasteiger partial charge in [0.05, 0.1) is 0 Å². The standard InChI is InChI=1S/C17H28N2/c1-5-12-18-17(14(3)19(4)16-10-11-16)15-8-6-13(2)7-9-15/h6-9,14,16-18H,5,10-12H2,1-4H3. The van der Waals surface area contributed by atoms with Gasteiger partial charge in [-0.1, -0.05) is 36.8 Å². The summed E-state index contributed by atoms with van der Waals surface area (Å²) < 4.78 is 0. The average molecular weight is 260 g/mol. The van der Waals surface area contributed by atoms with Crippen molar-refractivity contribution in [2.75, 3.05) is 13.6 Å². The van der Waals surface area contributed by atoms with Crippen molar-refractivity contribution in [3.8, 4) is 0 Å². The Kier molecular flexibility index (Phi) is 5.00. The molecule has 2 unspecified atom stereocenters. The highest BCUT2D eigenvalue weighted by Crippen LogP contribution is 2.31. The Morgan fingerprint density at radius 2 is 1.89 bits per heavy atom. The van der Waals surface area contributed by atoms with E-state index in [4.69, 9.17) is 0 Å². The normalized spacial score (nSPS) is 18.6. The van der Waals surface area contributed by atoms with E-state index < -0.39 is 0 Å². The molecule has 19 heavy (non-hydrogen) atoms. The van der Waals surface area contributed by atoms with Crippen molar-refractivity contribution in [3.05, 3.63) is 35.4 Å². The van der Waals surface area contributed by atoms with Gasteiger partial charge in [0, 0.05) is 18.1 Å². The van der Waals surface area contributed by atoms with Crippen LogP contribution in [-0.4, -0.2) is 30.6 Å². The molecule has 0 saturated heterocycles. The summed E-state index contributed by atoms with van der Waals surface area (Å²) in [5.74, 6) is 0. The minimum Gasteiger partial charge on any atom is -0.309 e. The van der Waals surface area contributed by atoms with Gasteiger partial charge in [-0.15, -0.1) is 0 Å². The molecule has 1 aliphatic carbocycles. The Hall–Kier alpha value is -0.860. The van der Waals surface area contributed by atoms with Crippen LogP contribution in [0.25, 0.3) is 0 Å². The average Bonchev–Trinajstić information content (AvgIpc) is 3.24. The molecule has 1 fully saturated rings. The molecule has 2 heteroatoms. The summed E-state index contributed by atoms with van der Waals surface area (Å²) in [7, 11) is 2.27. The summed E-state index contributed by atoms with van der Waals surface area (Å²) in [6.07, 6.45) is 3.92. The number of rotatable bonds is 7. The summed E-state index contributed by atoms with van der Waals surface area (Å²) >= 11 is 0. The van der Waals surface area contributed by atoms with E-state index in [9.17, 15) is 0 Å². The van der Waals surface area contributed by atoms with Gasteiger partial charge in [-0.3, -0.25) is 4.90 Å². The quantitative estimate of drug-likeness (QED) is 0.807. The second kappa shape index (κ2) is 6.53. The molecule has 0 amide bonds. The summed E-state index contributed by atoms with van der Waals surface area (Å²) in [6.45, 7) is 7.82. The molecule has 0 spiro atoms. The number of aryl methyl sites for hydroxylation is 1. The SMILES string of the molecule is CCCNC(c1ccc(C)cc1)C(C)N(C)C1CC1. The van der Waals surface area contributed by atoms with Gasteiger partial charge in [0.2, 0.25) is 0 Å². The summed E-state index contributed by atoms with van der Waals surface area (Å²) in [6, 6.07) is 10.8. The number of hydrogen-bond donors (Lipinski definition) is 1. The van der Waals surface area contributed by atoms with E-state index in [1.165, 1.54) is 30.4 Å². The predicted octanol–water partition coefficient (Wildman–Crippen LogP) is 3.52. The monoisotopic (exact) mass is 260 g/mol. The maximum Gasteiger partial charge on any atom is 0.0475 e. The van der Waals surface area contributed by atoms with Crippen LogP contribution in [0.5, 0.6) is 0 Å². The number of benzene rings is 1. The smallest absolute Gasteiger partial charge is 0.0475 e. The van der Waals surface area contributed by atoms with Crippen LogP contribution in [0.4, 0.5) is 0 Å². The van der Waals surface area contributed by atoms with Crippen molar-refractivity contribution in [1.29, 1.82) is 0 Å². The Morgan fingerprint density at radius 3 is 2.42 bits per heavy atom. The molecule has 0 radical (unpaired) electrons. The first-order chi connectivity index (χ1) is 9.13. The van der Waals surface area contributed by atoms with Crippen molar-refractivity contribution >= 4 is 0 Å². The van der Waals surface area contributed by atoms with Gasteiger partial charge in [0.15, 0.2) is 0 Å². The Balaban J connectivity index is 2.11. The van der Waals surface area contributed by atoms with Crippen LogP contribution in [0.15, 0.2) is 24.3 Å². The first-order valence-electron chi connectivity index (χ1n) is 7.65. The molecule has 1 aromatic carbocycles. The van der Waals surface area contributed by atoms with Crippen LogP contribution in [0.1, 0.15) is 50.3 Å². The van der Waals surface area contributed by atoms with Crippen LogP contribution >= 0.6 is 0 Å². The lowest BCUT2D eigenvalue weighted by molar-refractivity contribution is 0.198. The Bertz CT molecular complexity index is 381. The zero-order chi connectivity index (χ0) is 13.8. The van der Waals surface area contributed by atoms with E-state index in [-0.39, 0.29) is 0 Å². The van der Waals surface area contributed by atoms with Crippen LogP contribution in [0, 0.1) is 6.92 Å². The van der Waals surface area contributed by atoms with Crippen molar-refractivity contribution in [2.24, 2.45) is 0 Å². The van der Waals surface area contributed by atoms with Crippen molar-refractivity contribution in [1.82, 2.24) is 10.2 Å². The molecule has 1 aromatic rings. The highest BCUT2D eigenvalue weighted by Gasteiger charge is 2.32. The first kappa shape index (κ1) is 14.5. The molecule has 2 atom stereocenters. The molecule has 1 aliphatic rings. The third-order valence-electron chi connectivity index (χ3n) is 4.30. The fourth-order valence-corrected chi connectivity index (χ4v) is 2.69. The van der Waals surface area contributed by atoms with Crippen LogP contribution in [0.3, 0.4) is 0 Å². The fourth-order valence-electron chi connectivity index (χ4n) is 2.69. The lowest BCUT2D eigenvalue weighted by atomic mass is 9.98. The van der Waals surface area contributed by atoms with Crippen LogP contribution in [-0.2, 0) is 0 Å². The maximum atomic E-state index is 3.73. The number of likely N-dealkylation sites (N-methyl/N-ethyl adjacent to an activating group) is 1. The highest BCUT2D eigenvalue weighted by atomic mass is 15.2.